The number of hydrogen-bond donors (Lipinski definition) is 2. The summed E-state index contributed by atoms with van der Waals surface area (Å²) in [5.74, 6) is -0.942. The van der Waals surface area contributed by atoms with Crippen LogP contribution < -0.4 is 5.32 Å². The summed E-state index contributed by atoms with van der Waals surface area (Å²) in [5.41, 5.74) is 1.99. The van der Waals surface area contributed by atoms with Gasteiger partial charge in [0.05, 0.1) is 12.1 Å². The van der Waals surface area contributed by atoms with Crippen LogP contribution in [-0.4, -0.2) is 38.1 Å². The Bertz CT molecular complexity index is 388. The molecule has 0 spiro atoms. The number of hydrogen-bond acceptors (Lipinski definition) is 4. The molecule has 0 amide bonds. The van der Waals surface area contributed by atoms with Gasteiger partial charge in [-0.1, -0.05) is 6.07 Å². The highest BCUT2D eigenvalue weighted by atomic mass is 16.7. The van der Waals surface area contributed by atoms with Crippen molar-refractivity contribution in [3.63, 3.8) is 0 Å². The molecular formula is C12H17NO4. The third-order valence-corrected chi connectivity index (χ3v) is 2.47. The quantitative estimate of drug-likeness (QED) is 0.740. The van der Waals surface area contributed by atoms with Crippen LogP contribution in [0.25, 0.3) is 0 Å². The van der Waals surface area contributed by atoms with Gasteiger partial charge in [-0.25, -0.2) is 4.79 Å². The summed E-state index contributed by atoms with van der Waals surface area (Å²) in [6.07, 6.45) is -0.358. The molecule has 0 aromatic heterocycles. The van der Waals surface area contributed by atoms with Crippen LogP contribution in [0.5, 0.6) is 0 Å². The van der Waals surface area contributed by atoms with Crippen molar-refractivity contribution in [3.8, 4) is 0 Å². The molecule has 17 heavy (non-hydrogen) atoms. The number of anilines is 1. The van der Waals surface area contributed by atoms with E-state index in [9.17, 15) is 4.79 Å². The van der Waals surface area contributed by atoms with Gasteiger partial charge in [-0.05, 0) is 24.6 Å². The maximum absolute atomic E-state index is 10.8. The molecular weight excluding hydrogens is 222 g/mol. The minimum Gasteiger partial charge on any atom is -0.478 e. The van der Waals surface area contributed by atoms with Crippen LogP contribution in [0.2, 0.25) is 0 Å². The van der Waals surface area contributed by atoms with E-state index in [0.29, 0.717) is 6.54 Å². The van der Waals surface area contributed by atoms with Gasteiger partial charge in [0.2, 0.25) is 0 Å². The van der Waals surface area contributed by atoms with E-state index in [-0.39, 0.29) is 11.9 Å². The first kappa shape index (κ1) is 13.5. The monoisotopic (exact) mass is 239 g/mol. The normalized spacial score (nSPS) is 10.6. The van der Waals surface area contributed by atoms with E-state index >= 15 is 0 Å². The molecule has 0 fully saturated rings. The molecule has 0 atom stereocenters. The Balaban J connectivity index is 2.75. The average molecular weight is 239 g/mol. The van der Waals surface area contributed by atoms with Crippen molar-refractivity contribution in [2.45, 2.75) is 13.2 Å². The largest absolute Gasteiger partial charge is 0.478 e. The van der Waals surface area contributed by atoms with Gasteiger partial charge in [-0.2, -0.15) is 0 Å². The maximum atomic E-state index is 10.8. The third kappa shape index (κ3) is 3.72. The highest BCUT2D eigenvalue weighted by molar-refractivity contribution is 5.89. The summed E-state index contributed by atoms with van der Waals surface area (Å²) in [5, 5.41) is 12.0. The Hall–Kier alpha value is -1.59. The molecule has 5 nitrogen and oxygen atoms in total. The number of ether oxygens (including phenoxy) is 2. The van der Waals surface area contributed by atoms with Gasteiger partial charge in [-0.15, -0.1) is 0 Å². The van der Waals surface area contributed by atoms with Gasteiger partial charge in [-0.3, -0.25) is 0 Å². The molecule has 0 bridgehead atoms. The minimum atomic E-state index is -0.942. The zero-order chi connectivity index (χ0) is 12.8. The lowest BCUT2D eigenvalue weighted by Gasteiger charge is -2.16. The molecule has 1 rings (SSSR count). The molecule has 0 aliphatic carbocycles. The zero-order valence-corrected chi connectivity index (χ0v) is 10.2. The zero-order valence-electron chi connectivity index (χ0n) is 10.2. The van der Waals surface area contributed by atoms with Crippen molar-refractivity contribution in [3.05, 3.63) is 29.3 Å². The summed E-state index contributed by atoms with van der Waals surface area (Å²) >= 11 is 0. The predicted octanol–water partition coefficient (Wildman–Crippen LogP) is 1.72. The van der Waals surface area contributed by atoms with Crippen LogP contribution >= 0.6 is 0 Å². The molecule has 5 heteroatoms. The number of carbonyl (C=O) groups is 1. The molecule has 0 saturated heterocycles. The highest BCUT2D eigenvalue weighted by Crippen LogP contribution is 2.17. The molecule has 0 saturated carbocycles. The summed E-state index contributed by atoms with van der Waals surface area (Å²) in [7, 11) is 3.10. The number of carboxylic acid groups (broad SMARTS) is 1. The molecule has 2 N–H and O–H groups in total. The standard InChI is InChI=1S/C12H17NO4/c1-8-4-5-9(12(14)15)6-10(8)13-7-11(16-2)17-3/h4-6,11,13H,7H2,1-3H3,(H,14,15). The van der Waals surface area contributed by atoms with E-state index < -0.39 is 5.97 Å². The van der Waals surface area contributed by atoms with Crippen LogP contribution in [0, 0.1) is 6.92 Å². The van der Waals surface area contributed by atoms with Crippen LogP contribution in [0.15, 0.2) is 18.2 Å². The second-order valence-electron chi connectivity index (χ2n) is 3.62. The number of nitrogens with one attached hydrogen (secondary N) is 1. The Kier molecular flexibility index (Phi) is 4.93. The van der Waals surface area contributed by atoms with Gasteiger partial charge in [0, 0.05) is 19.9 Å². The third-order valence-electron chi connectivity index (χ3n) is 2.47. The lowest BCUT2D eigenvalue weighted by molar-refractivity contribution is -0.0914. The fraction of sp³-hybridized carbons (Fsp3) is 0.417. The number of aryl methyl sites for hydroxylation is 1. The number of benzene rings is 1. The second-order valence-corrected chi connectivity index (χ2v) is 3.62. The predicted molar refractivity (Wildman–Crippen MR) is 64.4 cm³/mol. The number of carboxylic acids is 1. The van der Waals surface area contributed by atoms with E-state index in [1.165, 1.54) is 0 Å². The van der Waals surface area contributed by atoms with Crippen molar-refractivity contribution < 1.29 is 19.4 Å². The minimum absolute atomic E-state index is 0.254. The van der Waals surface area contributed by atoms with E-state index in [1.54, 1.807) is 32.4 Å². The summed E-state index contributed by atoms with van der Waals surface area (Å²) in [6, 6.07) is 4.94. The Morgan fingerprint density at radius 2 is 2.06 bits per heavy atom. The lowest BCUT2D eigenvalue weighted by Crippen LogP contribution is -2.24. The first-order valence-corrected chi connectivity index (χ1v) is 5.22. The van der Waals surface area contributed by atoms with Crippen molar-refractivity contribution in [2.75, 3.05) is 26.1 Å². The average Bonchev–Trinajstić information content (AvgIpc) is 2.32. The van der Waals surface area contributed by atoms with Gasteiger partial charge in [0.1, 0.15) is 0 Å². The number of methoxy groups -OCH3 is 2. The first-order chi connectivity index (χ1) is 8.08. The van der Waals surface area contributed by atoms with Crippen LogP contribution in [0.3, 0.4) is 0 Å². The van der Waals surface area contributed by atoms with Gasteiger partial charge >= 0.3 is 5.97 Å². The van der Waals surface area contributed by atoms with E-state index in [4.69, 9.17) is 14.6 Å². The topological polar surface area (TPSA) is 67.8 Å². The Morgan fingerprint density at radius 1 is 1.41 bits per heavy atom. The summed E-state index contributed by atoms with van der Waals surface area (Å²) in [6.45, 7) is 2.36. The molecule has 0 aliphatic rings. The Labute approximate surface area is 100 Å². The van der Waals surface area contributed by atoms with Gasteiger partial charge < -0.3 is 19.9 Å². The van der Waals surface area contributed by atoms with Gasteiger partial charge in [0.15, 0.2) is 6.29 Å². The fourth-order valence-corrected chi connectivity index (χ4v) is 1.40. The number of aromatic carboxylic acids is 1. The van der Waals surface area contributed by atoms with Crippen molar-refractivity contribution in [2.24, 2.45) is 0 Å². The van der Waals surface area contributed by atoms with Crippen LogP contribution in [0.4, 0.5) is 5.69 Å². The SMILES string of the molecule is COC(CNc1cc(C(=O)O)ccc1C)OC. The van der Waals surface area contributed by atoms with Crippen molar-refractivity contribution >= 4 is 11.7 Å². The van der Waals surface area contributed by atoms with Crippen LogP contribution in [-0.2, 0) is 9.47 Å². The molecule has 1 aromatic carbocycles. The smallest absolute Gasteiger partial charge is 0.335 e. The molecule has 0 unspecified atom stereocenters. The molecule has 0 aliphatic heterocycles. The van der Waals surface area contributed by atoms with Crippen molar-refractivity contribution in [1.82, 2.24) is 0 Å². The molecule has 0 radical (unpaired) electrons. The lowest BCUT2D eigenvalue weighted by atomic mass is 10.1. The molecule has 0 heterocycles. The van der Waals surface area contributed by atoms with Gasteiger partial charge in [0.25, 0.3) is 0 Å². The van der Waals surface area contributed by atoms with E-state index in [2.05, 4.69) is 5.32 Å². The molecule has 94 valence electrons. The highest BCUT2D eigenvalue weighted by Gasteiger charge is 2.08. The fourth-order valence-electron chi connectivity index (χ4n) is 1.40. The summed E-state index contributed by atoms with van der Waals surface area (Å²) in [4.78, 5) is 10.8. The van der Waals surface area contributed by atoms with E-state index in [0.717, 1.165) is 11.3 Å². The summed E-state index contributed by atoms with van der Waals surface area (Å²) < 4.78 is 10.1. The van der Waals surface area contributed by atoms with E-state index in [1.807, 2.05) is 6.92 Å². The van der Waals surface area contributed by atoms with Crippen molar-refractivity contribution in [1.29, 1.82) is 0 Å². The maximum Gasteiger partial charge on any atom is 0.335 e. The number of rotatable bonds is 6. The Morgan fingerprint density at radius 3 is 2.59 bits per heavy atom. The second kappa shape index (κ2) is 6.22. The van der Waals surface area contributed by atoms with Crippen LogP contribution in [0.1, 0.15) is 15.9 Å². The molecule has 1 aromatic rings. The first-order valence-electron chi connectivity index (χ1n) is 5.22.